The lowest BCUT2D eigenvalue weighted by molar-refractivity contribution is -0.138. The summed E-state index contributed by atoms with van der Waals surface area (Å²) in [7, 11) is 0. The maximum Gasteiger partial charge on any atom is 0.419 e. The molecular formula is C40H49F3N8O5S. The number of likely N-dealkylation sites (tertiary alicyclic amines) is 1. The molecule has 3 aliphatic heterocycles. The van der Waals surface area contributed by atoms with Gasteiger partial charge in [-0.2, -0.15) is 18.4 Å². The number of halogens is 3. The number of nitrogens with one attached hydrogen (secondary N) is 3. The number of amides is 4. The van der Waals surface area contributed by atoms with Crippen molar-refractivity contribution in [3.8, 4) is 6.07 Å². The Hall–Kier alpha value is -4.66. The number of carbonyl (C=O) groups is 4. The van der Waals surface area contributed by atoms with Crippen LogP contribution in [0.4, 0.5) is 30.2 Å². The van der Waals surface area contributed by atoms with Gasteiger partial charge in [0.1, 0.15) is 17.6 Å². The number of nitrogens with zero attached hydrogens (tertiary/aromatic N) is 5. The number of piperidine rings is 2. The van der Waals surface area contributed by atoms with Crippen LogP contribution in [0.5, 0.6) is 0 Å². The second kappa shape index (κ2) is 17.1. The van der Waals surface area contributed by atoms with E-state index < -0.39 is 34.9 Å². The molecule has 1 aliphatic carbocycles. The molecule has 4 amide bonds. The monoisotopic (exact) mass is 810 g/mol. The van der Waals surface area contributed by atoms with E-state index in [1.54, 1.807) is 32.0 Å². The lowest BCUT2D eigenvalue weighted by Crippen LogP contribution is -2.51. The standard InChI is InChI=1S/C40H49F3N8O5S/c1-23-16-30(17-24(2)49(23)22-35(53)47-27-7-5-6-26(18-27)46-32-12-13-34(52)48-36(32)54)56-15-14-25-8-10-28(11-9-25)51-38(57)50(37(55)39(51,3)4)29-19-31(40(41,42)43)33(20-44)45-21-29/h5-7,18-19,21,23-25,28,30,32,46H,8-17,22H2,1-4H3,(H,47,53)(H,48,52,54)/t23-,24+,25-,28-,30?,32?. The van der Waals surface area contributed by atoms with Crippen LogP contribution in [0, 0.1) is 17.2 Å². The molecular weight excluding hydrogens is 762 g/mol. The number of ether oxygens (including phenoxy) is 1. The number of nitriles is 1. The second-order valence-electron chi connectivity index (χ2n) is 16.1. The van der Waals surface area contributed by atoms with Gasteiger partial charge in [0.25, 0.3) is 5.91 Å². The van der Waals surface area contributed by atoms with Crippen LogP contribution in [0.2, 0.25) is 0 Å². The largest absolute Gasteiger partial charge is 0.419 e. The molecule has 1 aromatic carbocycles. The molecule has 2 aromatic rings. The zero-order chi connectivity index (χ0) is 41.2. The minimum Gasteiger partial charge on any atom is -0.378 e. The summed E-state index contributed by atoms with van der Waals surface area (Å²) in [5.74, 6) is -0.805. The fourth-order valence-electron chi connectivity index (χ4n) is 8.72. The van der Waals surface area contributed by atoms with Crippen LogP contribution < -0.4 is 20.9 Å². The number of hydrogen-bond donors (Lipinski definition) is 3. The highest BCUT2D eigenvalue weighted by molar-refractivity contribution is 7.80. The van der Waals surface area contributed by atoms with Crippen LogP contribution in [0.15, 0.2) is 36.5 Å². The Morgan fingerprint density at radius 1 is 1.07 bits per heavy atom. The molecule has 17 heteroatoms. The van der Waals surface area contributed by atoms with Gasteiger partial charge >= 0.3 is 6.18 Å². The van der Waals surface area contributed by atoms with E-state index in [1.807, 2.05) is 11.0 Å². The minimum atomic E-state index is -4.82. The first kappa shape index (κ1) is 42.0. The third-order valence-electron chi connectivity index (χ3n) is 11.7. The van der Waals surface area contributed by atoms with Crippen molar-refractivity contribution >= 4 is 58.0 Å². The predicted octanol–water partition coefficient (Wildman–Crippen LogP) is 5.75. The highest BCUT2D eigenvalue weighted by Gasteiger charge is 2.53. The fraction of sp³-hybridized carbons (Fsp3) is 0.575. The summed E-state index contributed by atoms with van der Waals surface area (Å²) in [5, 5.41) is 17.7. The Morgan fingerprint density at radius 3 is 2.40 bits per heavy atom. The molecule has 0 bridgehead atoms. The van der Waals surface area contributed by atoms with Crippen molar-refractivity contribution in [1.82, 2.24) is 20.1 Å². The van der Waals surface area contributed by atoms with Crippen LogP contribution in [0.1, 0.15) is 96.7 Å². The fourth-order valence-corrected chi connectivity index (χ4v) is 9.29. The summed E-state index contributed by atoms with van der Waals surface area (Å²) in [6, 6.07) is 9.06. The van der Waals surface area contributed by atoms with E-state index in [1.165, 1.54) is 6.07 Å². The van der Waals surface area contributed by atoms with Crippen molar-refractivity contribution in [2.75, 3.05) is 28.7 Å². The molecule has 1 aromatic heterocycles. The van der Waals surface area contributed by atoms with Gasteiger partial charge in [-0.1, -0.05) is 6.07 Å². The molecule has 57 heavy (non-hydrogen) atoms. The number of benzene rings is 1. The molecule has 2 unspecified atom stereocenters. The van der Waals surface area contributed by atoms with Crippen molar-refractivity contribution in [2.24, 2.45) is 5.92 Å². The van der Waals surface area contributed by atoms with Crippen molar-refractivity contribution in [3.05, 3.63) is 47.8 Å². The van der Waals surface area contributed by atoms with E-state index in [9.17, 15) is 32.3 Å². The second-order valence-corrected chi connectivity index (χ2v) is 16.5. The van der Waals surface area contributed by atoms with Gasteiger partial charge in [-0.05, 0) is 121 Å². The van der Waals surface area contributed by atoms with E-state index in [0.29, 0.717) is 30.3 Å². The number of pyridine rings is 1. The van der Waals surface area contributed by atoms with Gasteiger partial charge in [0.2, 0.25) is 17.7 Å². The zero-order valence-electron chi connectivity index (χ0n) is 32.5. The average Bonchev–Trinajstić information content (AvgIpc) is 3.32. The normalized spacial score (nSPS) is 26.9. The van der Waals surface area contributed by atoms with E-state index in [-0.39, 0.29) is 65.7 Å². The van der Waals surface area contributed by atoms with Gasteiger partial charge in [0.05, 0.1) is 30.1 Å². The van der Waals surface area contributed by atoms with E-state index >= 15 is 0 Å². The van der Waals surface area contributed by atoms with Crippen molar-refractivity contribution in [1.29, 1.82) is 5.26 Å². The maximum atomic E-state index is 13.7. The third-order valence-corrected chi connectivity index (χ3v) is 12.1. The molecule has 4 aliphatic rings. The van der Waals surface area contributed by atoms with Crippen LogP contribution in [0.3, 0.4) is 0 Å². The number of thiocarbonyl (C=S) groups is 1. The maximum absolute atomic E-state index is 13.7. The number of imide groups is 1. The first-order valence-electron chi connectivity index (χ1n) is 19.5. The molecule has 4 atom stereocenters. The molecule has 6 rings (SSSR count). The highest BCUT2D eigenvalue weighted by atomic mass is 32.1. The zero-order valence-corrected chi connectivity index (χ0v) is 33.3. The lowest BCUT2D eigenvalue weighted by atomic mass is 9.82. The van der Waals surface area contributed by atoms with Gasteiger partial charge in [-0.15, -0.1) is 0 Å². The third kappa shape index (κ3) is 9.39. The number of anilines is 3. The van der Waals surface area contributed by atoms with E-state index in [0.717, 1.165) is 62.1 Å². The molecule has 1 saturated carbocycles. The minimum absolute atomic E-state index is 0.0614. The van der Waals surface area contributed by atoms with Gasteiger partial charge in [-0.3, -0.25) is 34.3 Å². The SMILES string of the molecule is C[C@@H]1CC(OCC[C@H]2CC[C@H](N3C(=S)N(c4cnc(C#N)c(C(F)(F)F)c4)C(=O)C3(C)C)CC2)C[C@H](C)N1CC(=O)Nc1cccc(NC2CCC(=O)NC2=O)c1. The highest BCUT2D eigenvalue weighted by Crippen LogP contribution is 2.41. The first-order valence-corrected chi connectivity index (χ1v) is 19.9. The molecule has 4 fully saturated rings. The van der Waals surface area contributed by atoms with Crippen LogP contribution in [-0.4, -0.2) is 92.5 Å². The Kier molecular flexibility index (Phi) is 12.6. The number of rotatable bonds is 11. The Morgan fingerprint density at radius 2 is 1.75 bits per heavy atom. The molecule has 3 saturated heterocycles. The summed E-state index contributed by atoms with van der Waals surface area (Å²) in [5.41, 5.74) is -1.88. The average molecular weight is 811 g/mol. The Bertz CT molecular complexity index is 1920. The van der Waals surface area contributed by atoms with Crippen LogP contribution in [0.25, 0.3) is 0 Å². The Labute approximate surface area is 335 Å². The van der Waals surface area contributed by atoms with Crippen molar-refractivity contribution in [2.45, 2.75) is 127 Å². The molecule has 4 heterocycles. The van der Waals surface area contributed by atoms with Gasteiger partial charge in [0.15, 0.2) is 10.8 Å². The summed E-state index contributed by atoms with van der Waals surface area (Å²) in [6.45, 7) is 8.50. The topological polar surface area (TPSA) is 160 Å². The van der Waals surface area contributed by atoms with Gasteiger partial charge in [0, 0.05) is 42.5 Å². The molecule has 0 radical (unpaired) electrons. The van der Waals surface area contributed by atoms with Gasteiger partial charge < -0.3 is 20.3 Å². The first-order chi connectivity index (χ1) is 27.0. The predicted molar refractivity (Wildman–Crippen MR) is 210 cm³/mol. The summed E-state index contributed by atoms with van der Waals surface area (Å²) in [6.07, 6.45) is 2.79. The number of hydrogen-bond acceptors (Lipinski definition) is 10. The lowest BCUT2D eigenvalue weighted by Gasteiger charge is -2.42. The Balaban J connectivity index is 0.943. The molecule has 0 spiro atoms. The smallest absolute Gasteiger partial charge is 0.378 e. The quantitative estimate of drug-likeness (QED) is 0.188. The summed E-state index contributed by atoms with van der Waals surface area (Å²) < 4.78 is 47.5. The van der Waals surface area contributed by atoms with Crippen LogP contribution in [-0.2, 0) is 30.1 Å². The molecule has 3 N–H and O–H groups in total. The van der Waals surface area contributed by atoms with Crippen LogP contribution >= 0.6 is 12.2 Å². The number of carbonyl (C=O) groups excluding carboxylic acids is 4. The summed E-state index contributed by atoms with van der Waals surface area (Å²) in [4.78, 5) is 59.2. The van der Waals surface area contributed by atoms with Gasteiger partial charge in [-0.25, -0.2) is 4.98 Å². The van der Waals surface area contributed by atoms with Crippen molar-refractivity contribution in [3.63, 3.8) is 0 Å². The van der Waals surface area contributed by atoms with E-state index in [4.69, 9.17) is 22.2 Å². The van der Waals surface area contributed by atoms with E-state index in [2.05, 4.69) is 39.7 Å². The summed E-state index contributed by atoms with van der Waals surface area (Å²) >= 11 is 5.73. The molecule has 306 valence electrons. The van der Waals surface area contributed by atoms with Crippen molar-refractivity contribution < 1.29 is 37.1 Å². The number of aromatic nitrogens is 1. The molecule has 13 nitrogen and oxygen atoms in total. The number of alkyl halides is 3.